The average molecular weight is 288 g/mol. The molecule has 5 nitrogen and oxygen atoms in total. The minimum absolute atomic E-state index is 0.0458. The number of rotatable bonds is 4. The number of aromatic nitrogens is 1. The van der Waals surface area contributed by atoms with Crippen LogP contribution < -0.4 is 5.32 Å². The Morgan fingerprint density at radius 1 is 1.24 bits per heavy atom. The molecule has 1 atom stereocenters. The Morgan fingerprint density at radius 2 is 1.95 bits per heavy atom. The Bertz CT molecular complexity index is 673. The van der Waals surface area contributed by atoms with Crippen molar-refractivity contribution in [1.29, 1.82) is 0 Å². The van der Waals surface area contributed by atoms with Crippen LogP contribution in [-0.2, 0) is 9.53 Å². The van der Waals surface area contributed by atoms with Crippen LogP contribution in [0, 0.1) is 5.92 Å². The van der Waals surface area contributed by atoms with Gasteiger partial charge in [0, 0.05) is 24.2 Å². The van der Waals surface area contributed by atoms with Gasteiger partial charge in [-0.3, -0.25) is 9.36 Å². The fourth-order valence-corrected chi connectivity index (χ4v) is 2.36. The molecule has 112 valence electrons. The molecule has 1 aromatic carbocycles. The number of esters is 1. The lowest BCUT2D eigenvalue weighted by atomic mass is 10.0. The van der Waals surface area contributed by atoms with Crippen molar-refractivity contribution in [2.45, 2.75) is 26.8 Å². The summed E-state index contributed by atoms with van der Waals surface area (Å²) in [5, 5.41) is 4.13. The molecule has 21 heavy (non-hydrogen) atoms. The topological polar surface area (TPSA) is 60.3 Å². The van der Waals surface area contributed by atoms with Gasteiger partial charge in [0.1, 0.15) is 6.04 Å². The first-order chi connectivity index (χ1) is 9.95. The fourth-order valence-electron chi connectivity index (χ4n) is 2.36. The first-order valence-electron chi connectivity index (χ1n) is 6.91. The fraction of sp³-hybridized carbons (Fsp3) is 0.375. The molecule has 2 rings (SSSR count). The van der Waals surface area contributed by atoms with Crippen LogP contribution in [0.1, 0.15) is 25.6 Å². The zero-order chi connectivity index (χ0) is 15.6. The molecule has 0 fully saturated rings. The van der Waals surface area contributed by atoms with Gasteiger partial charge in [0.25, 0.3) is 0 Å². The first kappa shape index (κ1) is 15.1. The maximum Gasteiger partial charge on any atom is 0.328 e. The van der Waals surface area contributed by atoms with Crippen molar-refractivity contribution in [1.82, 2.24) is 4.57 Å². The molecule has 0 radical (unpaired) electrons. The number of hydrogen-bond donors (Lipinski definition) is 1. The highest BCUT2D eigenvalue weighted by Crippen LogP contribution is 2.26. The van der Waals surface area contributed by atoms with Crippen LogP contribution >= 0.6 is 0 Å². The Labute approximate surface area is 123 Å². The largest absolute Gasteiger partial charge is 0.467 e. The zero-order valence-electron chi connectivity index (χ0n) is 12.7. The molecule has 0 aliphatic carbocycles. The van der Waals surface area contributed by atoms with Crippen LogP contribution in [0.5, 0.6) is 0 Å². The highest BCUT2D eigenvalue weighted by Gasteiger charge is 2.23. The van der Waals surface area contributed by atoms with Gasteiger partial charge in [-0.2, -0.15) is 0 Å². The number of methoxy groups -OCH3 is 1. The smallest absolute Gasteiger partial charge is 0.328 e. The second-order valence-electron chi connectivity index (χ2n) is 5.33. The van der Waals surface area contributed by atoms with E-state index in [0.717, 1.165) is 16.6 Å². The Morgan fingerprint density at radius 3 is 2.52 bits per heavy atom. The number of carbonyl (C=O) groups is 2. The van der Waals surface area contributed by atoms with Gasteiger partial charge in [-0.25, -0.2) is 4.79 Å². The summed E-state index contributed by atoms with van der Waals surface area (Å²) in [5.41, 5.74) is 1.64. The van der Waals surface area contributed by atoms with Crippen molar-refractivity contribution in [2.75, 3.05) is 12.4 Å². The van der Waals surface area contributed by atoms with Crippen LogP contribution in [-0.4, -0.2) is 29.6 Å². The quantitative estimate of drug-likeness (QED) is 0.879. The number of nitrogens with one attached hydrogen (secondary N) is 1. The normalized spacial score (nSPS) is 12.4. The van der Waals surface area contributed by atoms with Crippen LogP contribution in [0.3, 0.4) is 0 Å². The van der Waals surface area contributed by atoms with Crippen molar-refractivity contribution < 1.29 is 14.3 Å². The van der Waals surface area contributed by atoms with Crippen LogP contribution in [0.15, 0.2) is 30.5 Å². The third-order valence-electron chi connectivity index (χ3n) is 3.50. The summed E-state index contributed by atoms with van der Waals surface area (Å²) in [6, 6.07) is 7.07. The number of nitrogens with zero attached hydrogens (tertiary/aromatic N) is 1. The highest BCUT2D eigenvalue weighted by atomic mass is 16.5. The summed E-state index contributed by atoms with van der Waals surface area (Å²) in [4.78, 5) is 23.4. The van der Waals surface area contributed by atoms with E-state index in [0.29, 0.717) is 0 Å². The summed E-state index contributed by atoms with van der Waals surface area (Å²) in [5.74, 6) is -0.258. The van der Waals surface area contributed by atoms with Gasteiger partial charge in [-0.05, 0) is 24.1 Å². The van der Waals surface area contributed by atoms with Crippen molar-refractivity contribution in [2.24, 2.45) is 5.92 Å². The molecule has 0 aliphatic rings. The third-order valence-corrected chi connectivity index (χ3v) is 3.50. The molecule has 0 unspecified atom stereocenters. The molecule has 0 aliphatic heterocycles. The standard InChI is InChI=1S/C16H20N2O3/c1-10(2)15(16(20)21-4)17-13-6-5-7-14-12(13)8-9-18(14)11(3)19/h5-10,15,17H,1-4H3/t15-/m0/s1. The van der Waals surface area contributed by atoms with Gasteiger partial charge in [-0.15, -0.1) is 0 Å². The molecule has 5 heteroatoms. The molecular formula is C16H20N2O3. The molecule has 1 N–H and O–H groups in total. The summed E-state index contributed by atoms with van der Waals surface area (Å²) in [6.45, 7) is 5.43. The maximum atomic E-state index is 11.9. The molecule has 0 spiro atoms. The maximum absolute atomic E-state index is 11.9. The number of anilines is 1. The van der Waals surface area contributed by atoms with E-state index in [2.05, 4.69) is 5.32 Å². The SMILES string of the molecule is COC(=O)[C@@H](Nc1cccc2c1ccn2C(C)=O)C(C)C. The first-order valence-corrected chi connectivity index (χ1v) is 6.91. The van der Waals surface area contributed by atoms with E-state index in [1.165, 1.54) is 14.0 Å². The molecular weight excluding hydrogens is 268 g/mol. The highest BCUT2D eigenvalue weighted by molar-refractivity contribution is 5.99. The molecule has 0 amide bonds. The summed E-state index contributed by atoms with van der Waals surface area (Å²) in [7, 11) is 1.38. The van der Waals surface area contributed by atoms with Gasteiger partial charge >= 0.3 is 5.97 Å². The van der Waals surface area contributed by atoms with Gasteiger partial charge in [-0.1, -0.05) is 19.9 Å². The molecule has 0 bridgehead atoms. The van der Waals surface area contributed by atoms with Gasteiger partial charge < -0.3 is 10.1 Å². The molecule has 0 saturated heterocycles. The van der Waals surface area contributed by atoms with Crippen molar-refractivity contribution in [3.8, 4) is 0 Å². The number of carbonyl (C=O) groups excluding carboxylic acids is 2. The molecule has 0 saturated carbocycles. The lowest BCUT2D eigenvalue weighted by Crippen LogP contribution is -2.35. The third kappa shape index (κ3) is 2.91. The lowest BCUT2D eigenvalue weighted by Gasteiger charge is -2.21. The average Bonchev–Trinajstić information content (AvgIpc) is 2.88. The number of benzene rings is 1. The Balaban J connectivity index is 2.42. The van der Waals surface area contributed by atoms with Gasteiger partial charge in [0.15, 0.2) is 0 Å². The second-order valence-corrected chi connectivity index (χ2v) is 5.33. The van der Waals surface area contributed by atoms with E-state index in [-0.39, 0.29) is 17.8 Å². The Hall–Kier alpha value is -2.30. The summed E-state index contributed by atoms with van der Waals surface area (Å²) in [6.07, 6.45) is 1.74. The van der Waals surface area contributed by atoms with E-state index in [1.807, 2.05) is 38.1 Å². The monoisotopic (exact) mass is 288 g/mol. The van der Waals surface area contributed by atoms with E-state index in [4.69, 9.17) is 4.74 Å². The predicted molar refractivity (Wildman–Crippen MR) is 82.5 cm³/mol. The minimum Gasteiger partial charge on any atom is -0.467 e. The molecule has 1 aromatic heterocycles. The van der Waals surface area contributed by atoms with Gasteiger partial charge in [0.2, 0.25) is 5.91 Å². The zero-order valence-corrected chi connectivity index (χ0v) is 12.7. The van der Waals surface area contributed by atoms with Crippen LogP contribution in [0.25, 0.3) is 10.9 Å². The van der Waals surface area contributed by atoms with Crippen molar-refractivity contribution in [3.05, 3.63) is 30.5 Å². The van der Waals surface area contributed by atoms with E-state index < -0.39 is 6.04 Å². The van der Waals surface area contributed by atoms with Gasteiger partial charge in [0.05, 0.1) is 12.6 Å². The van der Waals surface area contributed by atoms with E-state index in [9.17, 15) is 9.59 Å². The predicted octanol–water partition coefficient (Wildman–Crippen LogP) is 2.91. The van der Waals surface area contributed by atoms with E-state index in [1.54, 1.807) is 10.8 Å². The Kier molecular flexibility index (Phi) is 4.31. The molecule has 1 heterocycles. The van der Waals surface area contributed by atoms with Crippen LogP contribution in [0.2, 0.25) is 0 Å². The number of fused-ring (bicyclic) bond motifs is 1. The lowest BCUT2D eigenvalue weighted by molar-refractivity contribution is -0.142. The van der Waals surface area contributed by atoms with Crippen LogP contribution in [0.4, 0.5) is 5.69 Å². The minimum atomic E-state index is -0.429. The summed E-state index contributed by atoms with van der Waals surface area (Å²) < 4.78 is 6.43. The number of hydrogen-bond acceptors (Lipinski definition) is 4. The molecule has 2 aromatic rings. The van der Waals surface area contributed by atoms with Crippen molar-refractivity contribution in [3.63, 3.8) is 0 Å². The second kappa shape index (κ2) is 5.99. The van der Waals surface area contributed by atoms with E-state index >= 15 is 0 Å². The number of ether oxygens (including phenoxy) is 1. The van der Waals surface area contributed by atoms with Crippen molar-refractivity contribution >= 4 is 28.5 Å². The summed E-state index contributed by atoms with van der Waals surface area (Å²) >= 11 is 0.